The molecular formula is C19H18ClN3O4. The fourth-order valence-corrected chi connectivity index (χ4v) is 2.97. The van der Waals surface area contributed by atoms with Gasteiger partial charge in [-0.25, -0.2) is 0 Å². The van der Waals surface area contributed by atoms with Gasteiger partial charge in [-0.2, -0.15) is 0 Å². The van der Waals surface area contributed by atoms with E-state index in [0.29, 0.717) is 18.0 Å². The number of carbonyl (C=O) groups excluding carboxylic acids is 1. The maximum Gasteiger partial charge on any atom is 0.279 e. The van der Waals surface area contributed by atoms with Crippen LogP contribution >= 0.6 is 11.6 Å². The number of pyridine rings is 1. The molecule has 2 N–H and O–H groups in total. The van der Waals surface area contributed by atoms with Crippen LogP contribution in [0.3, 0.4) is 0 Å². The fraction of sp³-hybridized carbons (Fsp3) is 0.211. The van der Waals surface area contributed by atoms with Gasteiger partial charge in [0.05, 0.1) is 6.54 Å². The first kappa shape index (κ1) is 18.7. The Labute approximate surface area is 159 Å². The zero-order chi connectivity index (χ0) is 19.6. The van der Waals surface area contributed by atoms with Crippen LogP contribution in [-0.2, 0) is 6.54 Å². The van der Waals surface area contributed by atoms with Crippen molar-refractivity contribution in [2.45, 2.75) is 19.9 Å². The predicted molar refractivity (Wildman–Crippen MR) is 103 cm³/mol. The number of halogens is 1. The van der Waals surface area contributed by atoms with Crippen molar-refractivity contribution in [3.05, 3.63) is 79.6 Å². The van der Waals surface area contributed by atoms with Gasteiger partial charge in [0.1, 0.15) is 5.56 Å². The van der Waals surface area contributed by atoms with Gasteiger partial charge in [0.25, 0.3) is 11.5 Å². The highest BCUT2D eigenvalue weighted by molar-refractivity contribution is 6.30. The van der Waals surface area contributed by atoms with Crippen molar-refractivity contribution in [1.29, 1.82) is 0 Å². The summed E-state index contributed by atoms with van der Waals surface area (Å²) < 4.78 is 2.64. The molecule has 1 amide bonds. The van der Waals surface area contributed by atoms with Crippen LogP contribution in [-0.4, -0.2) is 26.5 Å². The van der Waals surface area contributed by atoms with Crippen molar-refractivity contribution in [1.82, 2.24) is 14.3 Å². The topological polar surface area (TPSA) is 92.8 Å². The Morgan fingerprint density at radius 2 is 2.04 bits per heavy atom. The Hall–Kier alpha value is -3.06. The third-order valence-electron chi connectivity index (χ3n) is 4.10. The van der Waals surface area contributed by atoms with Gasteiger partial charge in [0.15, 0.2) is 11.3 Å². The molecule has 3 rings (SSSR count). The zero-order valence-corrected chi connectivity index (χ0v) is 15.4. The van der Waals surface area contributed by atoms with Gasteiger partial charge in [-0.05, 0) is 24.1 Å². The minimum absolute atomic E-state index is 0.184. The number of fused-ring (bicyclic) bond motifs is 1. The van der Waals surface area contributed by atoms with Gasteiger partial charge < -0.3 is 19.4 Å². The predicted octanol–water partition coefficient (Wildman–Crippen LogP) is 2.01. The molecule has 7 nitrogen and oxygen atoms in total. The van der Waals surface area contributed by atoms with Crippen LogP contribution in [0.4, 0.5) is 0 Å². The smallest absolute Gasteiger partial charge is 0.279 e. The molecule has 140 valence electrons. The Balaban J connectivity index is 2.08. The number of nitrogens with zero attached hydrogens (tertiary/aromatic N) is 2. The lowest BCUT2D eigenvalue weighted by molar-refractivity contribution is 0.0951. The summed E-state index contributed by atoms with van der Waals surface area (Å²) in [6, 6.07) is 7.04. The third-order valence-corrected chi connectivity index (χ3v) is 4.34. The Bertz CT molecular complexity index is 1130. The van der Waals surface area contributed by atoms with E-state index in [4.69, 9.17) is 11.6 Å². The second-order valence-electron chi connectivity index (χ2n) is 6.09. The summed E-state index contributed by atoms with van der Waals surface area (Å²) in [7, 11) is 0. The fourth-order valence-electron chi connectivity index (χ4n) is 2.76. The highest BCUT2D eigenvalue weighted by Crippen LogP contribution is 2.13. The lowest BCUT2D eigenvalue weighted by Crippen LogP contribution is -2.31. The van der Waals surface area contributed by atoms with Crippen LogP contribution in [0.5, 0.6) is 5.75 Å². The van der Waals surface area contributed by atoms with Crippen molar-refractivity contribution in [2.24, 2.45) is 0 Å². The first-order valence-electron chi connectivity index (χ1n) is 8.42. The second kappa shape index (κ2) is 7.67. The summed E-state index contributed by atoms with van der Waals surface area (Å²) in [5.74, 6) is -1.33. The summed E-state index contributed by atoms with van der Waals surface area (Å²) >= 11 is 5.96. The molecule has 3 aromatic rings. The Kier molecular flexibility index (Phi) is 5.32. The van der Waals surface area contributed by atoms with E-state index >= 15 is 0 Å². The molecule has 0 aliphatic rings. The number of nitrogens with one attached hydrogen (secondary N) is 1. The molecule has 27 heavy (non-hydrogen) atoms. The molecule has 0 fully saturated rings. The van der Waals surface area contributed by atoms with E-state index in [1.54, 1.807) is 18.2 Å². The molecule has 0 unspecified atom stereocenters. The zero-order valence-electron chi connectivity index (χ0n) is 14.6. The number of benzene rings is 1. The summed E-state index contributed by atoms with van der Waals surface area (Å²) in [4.78, 5) is 37.2. The van der Waals surface area contributed by atoms with Gasteiger partial charge in [0, 0.05) is 30.2 Å². The Morgan fingerprint density at radius 3 is 2.74 bits per heavy atom. The molecule has 0 bridgehead atoms. The average Bonchev–Trinajstić information content (AvgIpc) is 2.64. The van der Waals surface area contributed by atoms with Gasteiger partial charge in [-0.1, -0.05) is 30.7 Å². The quantitative estimate of drug-likeness (QED) is 0.700. The lowest BCUT2D eigenvalue weighted by Gasteiger charge is -2.11. The van der Waals surface area contributed by atoms with E-state index < -0.39 is 22.6 Å². The monoisotopic (exact) mass is 387 g/mol. The van der Waals surface area contributed by atoms with Gasteiger partial charge >= 0.3 is 0 Å². The van der Waals surface area contributed by atoms with Crippen molar-refractivity contribution in [2.75, 3.05) is 6.54 Å². The molecule has 0 aliphatic heterocycles. The van der Waals surface area contributed by atoms with Crippen LogP contribution < -0.4 is 16.3 Å². The first-order valence-corrected chi connectivity index (χ1v) is 8.80. The minimum Gasteiger partial charge on any atom is -0.503 e. The molecule has 0 radical (unpaired) electrons. The highest BCUT2D eigenvalue weighted by atomic mass is 35.5. The van der Waals surface area contributed by atoms with Crippen molar-refractivity contribution in [3.63, 3.8) is 0 Å². The summed E-state index contributed by atoms with van der Waals surface area (Å²) in [6.07, 6.45) is 5.00. The minimum atomic E-state index is -0.874. The normalized spacial score (nSPS) is 10.9. The van der Waals surface area contributed by atoms with E-state index in [1.807, 2.05) is 13.0 Å². The average molecular weight is 388 g/mol. The number of aromatic hydroxyl groups is 1. The molecule has 0 spiro atoms. The molecule has 8 heteroatoms. The van der Waals surface area contributed by atoms with Gasteiger partial charge in [0.2, 0.25) is 5.43 Å². The molecule has 1 aromatic carbocycles. The van der Waals surface area contributed by atoms with E-state index in [9.17, 15) is 19.5 Å². The standard InChI is InChI=1S/C19H18ClN3O4/c1-2-6-21-18(26)14-11-22-7-8-23(10-12-4-3-5-13(20)9-12)19(27)15(22)17(25)16(14)24/h3-5,7-9,11,25H,2,6,10H2,1H3,(H,21,26). The molecule has 2 aromatic heterocycles. The molecule has 2 heterocycles. The number of amides is 1. The van der Waals surface area contributed by atoms with E-state index in [0.717, 1.165) is 5.56 Å². The number of aromatic nitrogens is 2. The third kappa shape index (κ3) is 3.73. The summed E-state index contributed by atoms with van der Waals surface area (Å²) in [5.41, 5.74) is -1.03. The molecule has 0 atom stereocenters. The van der Waals surface area contributed by atoms with Crippen molar-refractivity contribution in [3.8, 4) is 5.75 Å². The van der Waals surface area contributed by atoms with Crippen LogP contribution in [0.2, 0.25) is 5.02 Å². The lowest BCUT2D eigenvalue weighted by atomic mass is 10.2. The van der Waals surface area contributed by atoms with Crippen molar-refractivity contribution >= 4 is 23.0 Å². The Morgan fingerprint density at radius 1 is 1.26 bits per heavy atom. The molecule has 0 saturated carbocycles. The van der Waals surface area contributed by atoms with Gasteiger partial charge in [-0.3, -0.25) is 14.4 Å². The second-order valence-corrected chi connectivity index (χ2v) is 6.53. The number of rotatable bonds is 5. The molecule has 0 saturated heterocycles. The molecule has 0 aliphatic carbocycles. The van der Waals surface area contributed by atoms with Crippen LogP contribution in [0, 0.1) is 0 Å². The molecular weight excluding hydrogens is 370 g/mol. The van der Waals surface area contributed by atoms with Crippen LogP contribution in [0.25, 0.3) is 5.52 Å². The SMILES string of the molecule is CCCNC(=O)c1cn2ccn(Cc3cccc(Cl)c3)c(=O)c2c(O)c1=O. The number of hydrogen-bond acceptors (Lipinski definition) is 4. The van der Waals surface area contributed by atoms with Crippen molar-refractivity contribution < 1.29 is 9.90 Å². The summed E-state index contributed by atoms with van der Waals surface area (Å²) in [5, 5.41) is 13.4. The maximum atomic E-state index is 12.8. The number of carbonyl (C=O) groups is 1. The van der Waals surface area contributed by atoms with Crippen LogP contribution in [0.15, 0.2) is 52.4 Å². The van der Waals surface area contributed by atoms with E-state index in [2.05, 4.69) is 5.32 Å². The highest BCUT2D eigenvalue weighted by Gasteiger charge is 2.18. The van der Waals surface area contributed by atoms with E-state index in [1.165, 1.54) is 27.6 Å². The maximum absolute atomic E-state index is 12.8. The number of hydrogen-bond donors (Lipinski definition) is 2. The largest absolute Gasteiger partial charge is 0.503 e. The van der Waals surface area contributed by atoms with Gasteiger partial charge in [-0.15, -0.1) is 0 Å². The first-order chi connectivity index (χ1) is 12.9. The summed E-state index contributed by atoms with van der Waals surface area (Å²) in [6.45, 7) is 2.51. The van der Waals surface area contributed by atoms with E-state index in [-0.39, 0.29) is 17.6 Å². The van der Waals surface area contributed by atoms with Crippen LogP contribution in [0.1, 0.15) is 29.3 Å².